The monoisotopic (exact) mass is 374 g/mol. The number of amides is 1. The standard InChI is InChI=1S/C14H19BrN2O3S/c1-14(2)7-3-4-10(14)13(18)17-9-5-6-12(11(15)8-9)21(16,19)20/h5-6,8,10H,3-4,7H2,1-2H3,(H,17,18)(H2,16,19,20). The van der Waals surface area contributed by atoms with Crippen molar-refractivity contribution in [2.24, 2.45) is 16.5 Å². The Morgan fingerprint density at radius 1 is 1.43 bits per heavy atom. The molecule has 3 N–H and O–H groups in total. The molecule has 21 heavy (non-hydrogen) atoms. The first-order valence-corrected chi connectivity index (χ1v) is 9.08. The number of anilines is 1. The van der Waals surface area contributed by atoms with Crippen molar-refractivity contribution in [1.82, 2.24) is 0 Å². The van der Waals surface area contributed by atoms with Gasteiger partial charge in [-0.15, -0.1) is 0 Å². The van der Waals surface area contributed by atoms with E-state index in [-0.39, 0.29) is 22.1 Å². The molecule has 1 aromatic carbocycles. The van der Waals surface area contributed by atoms with Crippen LogP contribution in [0.5, 0.6) is 0 Å². The first kappa shape index (κ1) is 16.5. The van der Waals surface area contributed by atoms with Gasteiger partial charge in [-0.1, -0.05) is 20.3 Å². The van der Waals surface area contributed by atoms with Gasteiger partial charge in [0, 0.05) is 16.1 Å². The highest BCUT2D eigenvalue weighted by molar-refractivity contribution is 9.10. The summed E-state index contributed by atoms with van der Waals surface area (Å²) in [6.07, 6.45) is 2.98. The minimum atomic E-state index is -3.77. The summed E-state index contributed by atoms with van der Waals surface area (Å²) in [7, 11) is -3.77. The molecule has 0 saturated heterocycles. The zero-order chi connectivity index (χ0) is 15.8. The van der Waals surface area contributed by atoms with Crippen LogP contribution in [0.2, 0.25) is 0 Å². The van der Waals surface area contributed by atoms with Crippen LogP contribution in [0, 0.1) is 11.3 Å². The van der Waals surface area contributed by atoms with Crippen molar-refractivity contribution in [1.29, 1.82) is 0 Å². The van der Waals surface area contributed by atoms with Gasteiger partial charge in [0.15, 0.2) is 0 Å². The second-order valence-electron chi connectivity index (χ2n) is 6.11. The average Bonchev–Trinajstić information content (AvgIpc) is 2.67. The molecule has 1 amide bonds. The fourth-order valence-corrected chi connectivity index (χ4v) is 4.50. The summed E-state index contributed by atoms with van der Waals surface area (Å²) >= 11 is 3.17. The Balaban J connectivity index is 2.18. The molecule has 1 unspecified atom stereocenters. The summed E-state index contributed by atoms with van der Waals surface area (Å²) in [5.41, 5.74) is 0.559. The first-order chi connectivity index (χ1) is 9.61. The van der Waals surface area contributed by atoms with Gasteiger partial charge in [-0.05, 0) is 52.4 Å². The molecule has 5 nitrogen and oxygen atoms in total. The summed E-state index contributed by atoms with van der Waals surface area (Å²) in [5.74, 6) is -0.0399. The Morgan fingerprint density at radius 3 is 2.57 bits per heavy atom. The number of hydrogen-bond acceptors (Lipinski definition) is 3. The number of carbonyl (C=O) groups is 1. The third-order valence-corrected chi connectivity index (χ3v) is 5.97. The second kappa shape index (κ2) is 5.70. The maximum Gasteiger partial charge on any atom is 0.239 e. The number of nitrogens with two attached hydrogens (primary N) is 1. The molecule has 2 rings (SSSR count). The molecule has 0 spiro atoms. The number of carbonyl (C=O) groups excluding carboxylic acids is 1. The molecule has 1 saturated carbocycles. The van der Waals surface area contributed by atoms with Crippen molar-refractivity contribution in [2.45, 2.75) is 38.0 Å². The lowest BCUT2D eigenvalue weighted by molar-refractivity contribution is -0.122. The molecule has 0 radical (unpaired) electrons. The Morgan fingerprint density at radius 2 is 2.10 bits per heavy atom. The van der Waals surface area contributed by atoms with Gasteiger partial charge < -0.3 is 5.32 Å². The molecular formula is C14H19BrN2O3S. The minimum absolute atomic E-state index is 0.00157. The molecule has 1 aliphatic carbocycles. The minimum Gasteiger partial charge on any atom is -0.326 e. The topological polar surface area (TPSA) is 89.3 Å². The highest BCUT2D eigenvalue weighted by atomic mass is 79.9. The van der Waals surface area contributed by atoms with Gasteiger partial charge in [-0.3, -0.25) is 4.79 Å². The zero-order valence-corrected chi connectivity index (χ0v) is 14.4. The highest BCUT2D eigenvalue weighted by Crippen LogP contribution is 2.43. The van der Waals surface area contributed by atoms with Crippen LogP contribution in [0.4, 0.5) is 5.69 Å². The highest BCUT2D eigenvalue weighted by Gasteiger charge is 2.39. The van der Waals surface area contributed by atoms with Crippen molar-refractivity contribution in [2.75, 3.05) is 5.32 Å². The van der Waals surface area contributed by atoms with Gasteiger partial charge in [0.2, 0.25) is 15.9 Å². The number of benzene rings is 1. The van der Waals surface area contributed by atoms with Crippen LogP contribution >= 0.6 is 15.9 Å². The van der Waals surface area contributed by atoms with E-state index in [4.69, 9.17) is 5.14 Å². The quantitative estimate of drug-likeness (QED) is 0.851. The number of primary sulfonamides is 1. The molecule has 1 aromatic rings. The van der Waals surface area contributed by atoms with Crippen molar-refractivity contribution in [3.8, 4) is 0 Å². The van der Waals surface area contributed by atoms with E-state index >= 15 is 0 Å². The van der Waals surface area contributed by atoms with E-state index in [0.29, 0.717) is 10.2 Å². The maximum atomic E-state index is 12.4. The SMILES string of the molecule is CC1(C)CCCC1C(=O)Nc1ccc(S(N)(=O)=O)c(Br)c1. The molecular weight excluding hydrogens is 356 g/mol. The van der Waals surface area contributed by atoms with Gasteiger partial charge in [0.25, 0.3) is 0 Å². The summed E-state index contributed by atoms with van der Waals surface area (Å²) in [5, 5.41) is 7.95. The first-order valence-electron chi connectivity index (χ1n) is 6.74. The molecule has 7 heteroatoms. The van der Waals surface area contributed by atoms with E-state index in [0.717, 1.165) is 19.3 Å². The normalized spacial score (nSPS) is 21.2. The predicted octanol–water partition coefficient (Wildman–Crippen LogP) is 2.86. The summed E-state index contributed by atoms with van der Waals surface area (Å²) < 4.78 is 23.0. The molecule has 0 heterocycles. The van der Waals surface area contributed by atoms with Gasteiger partial charge in [-0.2, -0.15) is 0 Å². The molecule has 0 bridgehead atoms. The smallest absolute Gasteiger partial charge is 0.239 e. The van der Waals surface area contributed by atoms with E-state index in [9.17, 15) is 13.2 Å². The summed E-state index contributed by atoms with van der Waals surface area (Å²) in [6, 6.07) is 4.48. The largest absolute Gasteiger partial charge is 0.326 e. The van der Waals surface area contributed by atoms with Crippen LogP contribution < -0.4 is 10.5 Å². The molecule has 1 atom stereocenters. The van der Waals surface area contributed by atoms with Crippen LogP contribution in [0.15, 0.2) is 27.6 Å². The Hall–Kier alpha value is -0.920. The van der Waals surface area contributed by atoms with E-state index in [1.54, 1.807) is 12.1 Å². The lowest BCUT2D eigenvalue weighted by Crippen LogP contribution is -2.30. The maximum absolute atomic E-state index is 12.4. The lowest BCUT2D eigenvalue weighted by Gasteiger charge is -2.25. The third kappa shape index (κ3) is 3.64. The Labute approximate surface area is 133 Å². The fourth-order valence-electron chi connectivity index (χ4n) is 2.85. The van der Waals surface area contributed by atoms with Crippen molar-refractivity contribution < 1.29 is 13.2 Å². The van der Waals surface area contributed by atoms with E-state index in [2.05, 4.69) is 35.1 Å². The van der Waals surface area contributed by atoms with E-state index < -0.39 is 10.0 Å². The second-order valence-corrected chi connectivity index (χ2v) is 8.50. The Kier molecular flexibility index (Phi) is 4.46. The average molecular weight is 375 g/mol. The van der Waals surface area contributed by atoms with Gasteiger partial charge in [0.05, 0.1) is 4.90 Å². The van der Waals surface area contributed by atoms with Crippen molar-refractivity contribution >= 4 is 37.5 Å². The van der Waals surface area contributed by atoms with E-state index in [1.807, 2.05) is 0 Å². The molecule has 116 valence electrons. The molecule has 0 aliphatic heterocycles. The van der Waals surface area contributed by atoms with Crippen LogP contribution in [0.1, 0.15) is 33.1 Å². The van der Waals surface area contributed by atoms with Crippen molar-refractivity contribution in [3.63, 3.8) is 0 Å². The van der Waals surface area contributed by atoms with Gasteiger partial charge in [0.1, 0.15) is 0 Å². The number of nitrogens with one attached hydrogen (secondary N) is 1. The van der Waals surface area contributed by atoms with Gasteiger partial charge >= 0.3 is 0 Å². The number of hydrogen-bond donors (Lipinski definition) is 2. The van der Waals surface area contributed by atoms with Gasteiger partial charge in [-0.25, -0.2) is 13.6 Å². The summed E-state index contributed by atoms with van der Waals surface area (Å²) in [6.45, 7) is 4.20. The zero-order valence-electron chi connectivity index (χ0n) is 12.0. The molecule has 1 aliphatic rings. The summed E-state index contributed by atoms with van der Waals surface area (Å²) in [4.78, 5) is 12.4. The number of sulfonamides is 1. The molecule has 0 aromatic heterocycles. The number of halogens is 1. The number of rotatable bonds is 3. The fraction of sp³-hybridized carbons (Fsp3) is 0.500. The van der Waals surface area contributed by atoms with Crippen LogP contribution in [0.3, 0.4) is 0 Å². The van der Waals surface area contributed by atoms with Crippen LogP contribution in [0.25, 0.3) is 0 Å². The van der Waals surface area contributed by atoms with E-state index in [1.165, 1.54) is 6.07 Å². The predicted molar refractivity (Wildman–Crippen MR) is 85.3 cm³/mol. The third-order valence-electron chi connectivity index (χ3n) is 4.08. The van der Waals surface area contributed by atoms with Crippen LogP contribution in [-0.2, 0) is 14.8 Å². The molecule has 1 fully saturated rings. The Bertz CT molecular complexity index is 671. The lowest BCUT2D eigenvalue weighted by atomic mass is 9.81. The van der Waals surface area contributed by atoms with Crippen LogP contribution in [-0.4, -0.2) is 14.3 Å². The van der Waals surface area contributed by atoms with Crippen molar-refractivity contribution in [3.05, 3.63) is 22.7 Å².